The molecule has 0 bridgehead atoms. The van der Waals surface area contributed by atoms with Gasteiger partial charge in [-0.05, 0) is 12.1 Å². The number of hydrogen-bond acceptors (Lipinski definition) is 4. The van der Waals surface area contributed by atoms with Crippen molar-refractivity contribution in [3.63, 3.8) is 0 Å². The number of primary amides is 1. The average Bonchev–Trinajstić information content (AvgIpc) is 2.16. The zero-order valence-electron chi connectivity index (χ0n) is 7.06. The Morgan fingerprint density at radius 2 is 2.00 bits per heavy atom. The highest BCUT2D eigenvalue weighted by molar-refractivity contribution is 5.96. The number of amides is 2. The lowest BCUT2D eigenvalue weighted by molar-refractivity contribution is 0.0704. The van der Waals surface area contributed by atoms with Gasteiger partial charge in [0.05, 0.1) is 5.56 Å². The minimum absolute atomic E-state index is 0.00782. The number of nitrogens with two attached hydrogens (primary N) is 1. The van der Waals surface area contributed by atoms with Crippen molar-refractivity contribution in [2.24, 2.45) is 5.73 Å². The predicted octanol–water partition coefficient (Wildman–Crippen LogP) is 0.263. The molecule has 0 aliphatic heterocycles. The van der Waals surface area contributed by atoms with Gasteiger partial charge in [-0.2, -0.15) is 0 Å². The van der Waals surface area contributed by atoms with Gasteiger partial charge in [0.2, 0.25) is 0 Å². The molecule has 0 saturated carbocycles. The molecule has 0 atom stereocenters. The molecule has 0 unspecified atom stereocenters. The monoisotopic (exact) mass is 196 g/mol. The molecule has 0 fully saturated rings. The molecule has 0 aliphatic carbocycles. The summed E-state index contributed by atoms with van der Waals surface area (Å²) in [6.45, 7) is 0. The molecule has 2 amide bonds. The molecule has 1 rings (SSSR count). The van der Waals surface area contributed by atoms with Gasteiger partial charge in [-0.1, -0.05) is 12.1 Å². The molecule has 0 radical (unpaired) electrons. The van der Waals surface area contributed by atoms with Gasteiger partial charge in [-0.25, -0.2) is 10.3 Å². The number of hydrogen-bond donors (Lipinski definition) is 3. The lowest BCUT2D eigenvalue weighted by Gasteiger charge is -2.05. The molecule has 4 N–H and O–H groups in total. The summed E-state index contributed by atoms with van der Waals surface area (Å²) in [4.78, 5) is 21.5. The molecule has 6 nitrogen and oxygen atoms in total. The molecular formula is C8H8N2O4. The van der Waals surface area contributed by atoms with Crippen LogP contribution in [0, 0.1) is 0 Å². The van der Waals surface area contributed by atoms with Crippen LogP contribution in [0.25, 0.3) is 0 Å². The van der Waals surface area contributed by atoms with Crippen molar-refractivity contribution in [3.05, 3.63) is 29.8 Å². The fourth-order valence-electron chi connectivity index (χ4n) is 0.912. The van der Waals surface area contributed by atoms with Crippen LogP contribution in [-0.4, -0.2) is 17.2 Å². The first-order valence-corrected chi connectivity index (χ1v) is 3.66. The second kappa shape index (κ2) is 4.24. The number of carbonyl (C=O) groups excluding carboxylic acids is 2. The SMILES string of the molecule is NC(=O)Oc1ccccc1C(=O)NO. The summed E-state index contributed by atoms with van der Waals surface area (Å²) in [5.41, 5.74) is 6.23. The molecule has 0 heterocycles. The fraction of sp³-hybridized carbons (Fsp3) is 0. The molecule has 0 saturated heterocycles. The summed E-state index contributed by atoms with van der Waals surface area (Å²) < 4.78 is 4.54. The normalized spacial score (nSPS) is 9.21. The van der Waals surface area contributed by atoms with Gasteiger partial charge in [0.1, 0.15) is 5.75 Å². The lowest BCUT2D eigenvalue weighted by atomic mass is 10.2. The molecule has 0 aromatic heterocycles. The van der Waals surface area contributed by atoms with Gasteiger partial charge in [0, 0.05) is 0 Å². The van der Waals surface area contributed by atoms with Crippen LogP contribution in [0.4, 0.5) is 4.79 Å². The summed E-state index contributed by atoms with van der Waals surface area (Å²) >= 11 is 0. The van der Waals surface area contributed by atoms with E-state index in [4.69, 9.17) is 10.9 Å². The molecule has 0 spiro atoms. The van der Waals surface area contributed by atoms with Gasteiger partial charge in [-0.3, -0.25) is 10.0 Å². The first kappa shape index (κ1) is 10.0. The zero-order valence-corrected chi connectivity index (χ0v) is 7.06. The van der Waals surface area contributed by atoms with E-state index in [9.17, 15) is 9.59 Å². The van der Waals surface area contributed by atoms with Gasteiger partial charge in [-0.15, -0.1) is 0 Å². The summed E-state index contributed by atoms with van der Waals surface area (Å²) in [7, 11) is 0. The van der Waals surface area contributed by atoms with Crippen molar-refractivity contribution >= 4 is 12.0 Å². The van der Waals surface area contributed by atoms with Crippen molar-refractivity contribution in [3.8, 4) is 5.75 Å². The van der Waals surface area contributed by atoms with Crippen molar-refractivity contribution in [2.45, 2.75) is 0 Å². The molecule has 0 aliphatic rings. The Morgan fingerprint density at radius 3 is 2.57 bits per heavy atom. The highest BCUT2D eigenvalue weighted by Crippen LogP contribution is 2.17. The summed E-state index contributed by atoms with van der Waals surface area (Å²) in [5.74, 6) is -0.784. The Morgan fingerprint density at radius 1 is 1.36 bits per heavy atom. The Balaban J connectivity index is 3.02. The molecular weight excluding hydrogens is 188 g/mol. The number of nitrogens with one attached hydrogen (secondary N) is 1. The Bertz CT molecular complexity index is 364. The third kappa shape index (κ3) is 2.20. The van der Waals surface area contributed by atoms with E-state index in [1.54, 1.807) is 12.1 Å². The van der Waals surface area contributed by atoms with Crippen LogP contribution in [0.3, 0.4) is 0 Å². The van der Waals surface area contributed by atoms with E-state index in [1.807, 2.05) is 0 Å². The van der Waals surface area contributed by atoms with Crippen LogP contribution >= 0.6 is 0 Å². The quantitative estimate of drug-likeness (QED) is 0.466. The molecule has 74 valence electrons. The largest absolute Gasteiger partial charge is 0.410 e. The van der Waals surface area contributed by atoms with Crippen molar-refractivity contribution in [2.75, 3.05) is 0 Å². The van der Waals surface area contributed by atoms with Crippen molar-refractivity contribution in [1.29, 1.82) is 0 Å². The number of ether oxygens (including phenoxy) is 1. The van der Waals surface area contributed by atoms with Crippen LogP contribution in [0.15, 0.2) is 24.3 Å². The van der Waals surface area contributed by atoms with Crippen molar-refractivity contribution < 1.29 is 19.5 Å². The molecule has 14 heavy (non-hydrogen) atoms. The highest BCUT2D eigenvalue weighted by atomic mass is 16.5. The van der Waals surface area contributed by atoms with E-state index in [2.05, 4.69) is 4.74 Å². The van der Waals surface area contributed by atoms with E-state index in [1.165, 1.54) is 17.6 Å². The first-order chi connectivity index (χ1) is 6.65. The number of carbonyl (C=O) groups is 2. The van der Waals surface area contributed by atoms with Gasteiger partial charge in [0.15, 0.2) is 0 Å². The number of hydroxylamine groups is 1. The van der Waals surface area contributed by atoms with E-state index >= 15 is 0 Å². The summed E-state index contributed by atoms with van der Waals surface area (Å²) in [5, 5.41) is 8.38. The number of para-hydroxylation sites is 1. The Kier molecular flexibility index (Phi) is 3.03. The van der Waals surface area contributed by atoms with Gasteiger partial charge in [0.25, 0.3) is 5.91 Å². The Hall–Kier alpha value is -2.08. The van der Waals surface area contributed by atoms with Crippen LogP contribution < -0.4 is 16.0 Å². The predicted molar refractivity (Wildman–Crippen MR) is 45.9 cm³/mol. The van der Waals surface area contributed by atoms with Gasteiger partial charge >= 0.3 is 6.09 Å². The second-order valence-corrected chi connectivity index (χ2v) is 2.36. The minimum Gasteiger partial charge on any atom is -0.410 e. The molecule has 6 heteroatoms. The first-order valence-electron chi connectivity index (χ1n) is 3.66. The van der Waals surface area contributed by atoms with Crippen LogP contribution in [0.5, 0.6) is 5.75 Å². The summed E-state index contributed by atoms with van der Waals surface area (Å²) in [6, 6.07) is 5.88. The minimum atomic E-state index is -1.02. The van der Waals surface area contributed by atoms with Crippen LogP contribution in [0.2, 0.25) is 0 Å². The summed E-state index contributed by atoms with van der Waals surface area (Å²) in [6.07, 6.45) is -1.02. The number of rotatable bonds is 2. The Labute approximate surface area is 79.2 Å². The third-order valence-electron chi connectivity index (χ3n) is 1.44. The third-order valence-corrected chi connectivity index (χ3v) is 1.44. The maximum Gasteiger partial charge on any atom is 0.409 e. The topological polar surface area (TPSA) is 102 Å². The second-order valence-electron chi connectivity index (χ2n) is 2.36. The maximum atomic E-state index is 11.0. The number of benzene rings is 1. The van der Waals surface area contributed by atoms with Crippen LogP contribution in [0.1, 0.15) is 10.4 Å². The zero-order chi connectivity index (χ0) is 10.6. The smallest absolute Gasteiger partial charge is 0.409 e. The molecule has 1 aromatic rings. The highest BCUT2D eigenvalue weighted by Gasteiger charge is 2.12. The maximum absolute atomic E-state index is 11.0. The fourth-order valence-corrected chi connectivity index (χ4v) is 0.912. The van der Waals surface area contributed by atoms with E-state index in [0.29, 0.717) is 0 Å². The standard InChI is InChI=1S/C8H8N2O4/c9-8(12)14-6-4-2-1-3-5(6)7(11)10-13/h1-4,13H,(H2,9,12)(H,10,11). The van der Waals surface area contributed by atoms with Crippen LogP contribution in [-0.2, 0) is 0 Å². The lowest BCUT2D eigenvalue weighted by Crippen LogP contribution is -2.22. The van der Waals surface area contributed by atoms with E-state index in [0.717, 1.165) is 0 Å². The molecule has 1 aromatic carbocycles. The van der Waals surface area contributed by atoms with E-state index < -0.39 is 12.0 Å². The van der Waals surface area contributed by atoms with E-state index in [-0.39, 0.29) is 11.3 Å². The average molecular weight is 196 g/mol. The van der Waals surface area contributed by atoms with Gasteiger partial charge < -0.3 is 10.5 Å². The van der Waals surface area contributed by atoms with Crippen molar-refractivity contribution in [1.82, 2.24) is 5.48 Å².